The van der Waals surface area contributed by atoms with Gasteiger partial charge >= 0.3 is 6.03 Å². The smallest absolute Gasteiger partial charge is 0.319 e. The topological polar surface area (TPSA) is 120 Å². The van der Waals surface area contributed by atoms with Crippen molar-refractivity contribution in [2.45, 2.75) is 13.0 Å². The van der Waals surface area contributed by atoms with Crippen LogP contribution in [0.4, 0.5) is 4.79 Å². The first-order valence-corrected chi connectivity index (χ1v) is 9.73. The molecule has 0 radical (unpaired) electrons. The molecule has 0 bridgehead atoms. The lowest BCUT2D eigenvalue weighted by atomic mass is 9.94. The monoisotopic (exact) mass is 438 g/mol. The number of rotatable bonds is 6. The van der Waals surface area contributed by atoms with Crippen molar-refractivity contribution in [2.24, 2.45) is 5.10 Å². The zero-order valence-electron chi connectivity index (χ0n) is 17.7. The molecule has 2 aliphatic rings. The molecule has 32 heavy (non-hydrogen) atoms. The fraction of sp³-hybridized carbons (Fsp3) is 0.227. The molecule has 0 saturated carbocycles. The summed E-state index contributed by atoms with van der Waals surface area (Å²) in [4.78, 5) is 25.1. The van der Waals surface area contributed by atoms with Gasteiger partial charge in [0.05, 0.1) is 32.0 Å². The molecule has 0 spiro atoms. The third kappa shape index (κ3) is 4.15. The molecule has 166 valence electrons. The standard InChI is InChI=1S/C22H22N4O6/c1-12-19(21(27)26-23-10-13-4-6-16-18(8-13)32-11-31-16)20(25-22(28)24-12)14-5-7-15(29-2)17(9-14)30-3/h4-10,20H,11H2,1-3H3,(H,26,27)(H2,24,25,28)/t20-/m1/s1. The Hall–Kier alpha value is -4.21. The Kier molecular flexibility index (Phi) is 5.84. The van der Waals surface area contributed by atoms with E-state index in [9.17, 15) is 9.59 Å². The van der Waals surface area contributed by atoms with Gasteiger partial charge in [0.1, 0.15) is 0 Å². The highest BCUT2D eigenvalue weighted by Gasteiger charge is 2.31. The first kappa shape index (κ1) is 21.0. The molecule has 0 saturated heterocycles. The van der Waals surface area contributed by atoms with Crippen LogP contribution in [0.3, 0.4) is 0 Å². The Morgan fingerprint density at radius 2 is 1.91 bits per heavy atom. The molecule has 10 heteroatoms. The minimum Gasteiger partial charge on any atom is -0.493 e. The van der Waals surface area contributed by atoms with Gasteiger partial charge in [0.25, 0.3) is 5.91 Å². The first-order valence-electron chi connectivity index (χ1n) is 9.73. The van der Waals surface area contributed by atoms with Crippen molar-refractivity contribution in [1.82, 2.24) is 16.1 Å². The Balaban J connectivity index is 1.56. The fourth-order valence-electron chi connectivity index (χ4n) is 3.50. The number of ether oxygens (including phenoxy) is 4. The Bertz CT molecular complexity index is 1130. The van der Waals surface area contributed by atoms with Crippen molar-refractivity contribution in [3.05, 3.63) is 58.8 Å². The van der Waals surface area contributed by atoms with Crippen molar-refractivity contribution >= 4 is 18.2 Å². The predicted molar refractivity (Wildman–Crippen MR) is 115 cm³/mol. The molecule has 1 atom stereocenters. The molecule has 2 aliphatic heterocycles. The maximum absolute atomic E-state index is 13.0. The van der Waals surface area contributed by atoms with E-state index in [0.29, 0.717) is 39.8 Å². The molecule has 3 amide bonds. The van der Waals surface area contributed by atoms with Crippen molar-refractivity contribution in [3.8, 4) is 23.0 Å². The van der Waals surface area contributed by atoms with E-state index >= 15 is 0 Å². The van der Waals surface area contributed by atoms with Gasteiger partial charge in [0.2, 0.25) is 6.79 Å². The lowest BCUT2D eigenvalue weighted by Gasteiger charge is -2.28. The van der Waals surface area contributed by atoms with Gasteiger partial charge in [-0.05, 0) is 48.4 Å². The molecular weight excluding hydrogens is 416 g/mol. The van der Waals surface area contributed by atoms with Crippen molar-refractivity contribution in [1.29, 1.82) is 0 Å². The number of amides is 3. The van der Waals surface area contributed by atoms with Gasteiger partial charge in [-0.1, -0.05) is 6.07 Å². The number of hydrogen-bond donors (Lipinski definition) is 3. The summed E-state index contributed by atoms with van der Waals surface area (Å²) in [6.07, 6.45) is 1.50. The van der Waals surface area contributed by atoms with E-state index in [0.717, 1.165) is 5.56 Å². The number of allylic oxidation sites excluding steroid dienone is 1. The van der Waals surface area contributed by atoms with Crippen LogP contribution in [0.15, 0.2) is 52.8 Å². The largest absolute Gasteiger partial charge is 0.493 e. The molecular formula is C22H22N4O6. The van der Waals surface area contributed by atoms with Gasteiger partial charge in [-0.3, -0.25) is 4.79 Å². The average Bonchev–Trinajstić information content (AvgIpc) is 3.26. The molecule has 3 N–H and O–H groups in total. The summed E-state index contributed by atoms with van der Waals surface area (Å²) < 4.78 is 21.2. The minimum atomic E-state index is -0.704. The van der Waals surface area contributed by atoms with Gasteiger partial charge in [0, 0.05) is 5.70 Å². The summed E-state index contributed by atoms with van der Waals surface area (Å²) >= 11 is 0. The van der Waals surface area contributed by atoms with Gasteiger partial charge in [0.15, 0.2) is 23.0 Å². The Morgan fingerprint density at radius 3 is 2.69 bits per heavy atom. The van der Waals surface area contributed by atoms with Crippen molar-refractivity contribution in [3.63, 3.8) is 0 Å². The predicted octanol–water partition coefficient (Wildman–Crippen LogP) is 2.21. The zero-order valence-corrected chi connectivity index (χ0v) is 17.7. The van der Waals surface area contributed by atoms with Crippen LogP contribution in [-0.2, 0) is 4.79 Å². The van der Waals surface area contributed by atoms with E-state index < -0.39 is 18.0 Å². The maximum Gasteiger partial charge on any atom is 0.319 e. The van der Waals surface area contributed by atoms with Gasteiger partial charge in [-0.2, -0.15) is 5.10 Å². The second-order valence-electron chi connectivity index (χ2n) is 7.00. The van der Waals surface area contributed by atoms with Crippen LogP contribution in [0.1, 0.15) is 24.1 Å². The SMILES string of the molecule is COc1ccc([C@H]2NC(=O)NC(C)=C2C(=O)NN=Cc2ccc3c(c2)OCO3)cc1OC. The molecule has 4 rings (SSSR count). The molecule has 2 aromatic carbocycles. The molecule has 2 heterocycles. The van der Waals surface area contributed by atoms with Gasteiger partial charge in [-0.25, -0.2) is 10.2 Å². The molecule has 0 fully saturated rings. The van der Waals surface area contributed by atoms with E-state index in [4.69, 9.17) is 18.9 Å². The molecule has 10 nitrogen and oxygen atoms in total. The molecule has 0 unspecified atom stereocenters. The van der Waals surface area contributed by atoms with Crippen LogP contribution in [0.25, 0.3) is 0 Å². The normalized spacial score (nSPS) is 17.1. The summed E-state index contributed by atoms with van der Waals surface area (Å²) in [5, 5.41) is 9.44. The number of hydrogen-bond acceptors (Lipinski definition) is 7. The van der Waals surface area contributed by atoms with Crippen LogP contribution in [0, 0.1) is 0 Å². The van der Waals surface area contributed by atoms with Crippen LogP contribution < -0.4 is 35.0 Å². The first-order chi connectivity index (χ1) is 15.5. The minimum absolute atomic E-state index is 0.177. The number of fused-ring (bicyclic) bond motifs is 1. The van der Waals surface area contributed by atoms with Crippen molar-refractivity contribution < 1.29 is 28.5 Å². The number of methoxy groups -OCH3 is 2. The summed E-state index contributed by atoms with van der Waals surface area (Å²) in [7, 11) is 3.05. The number of carbonyl (C=O) groups excluding carboxylic acids is 2. The molecule has 0 aliphatic carbocycles. The van der Waals surface area contributed by atoms with E-state index in [1.165, 1.54) is 20.4 Å². The van der Waals surface area contributed by atoms with Gasteiger partial charge in [-0.15, -0.1) is 0 Å². The zero-order chi connectivity index (χ0) is 22.7. The Morgan fingerprint density at radius 1 is 1.12 bits per heavy atom. The van der Waals surface area contributed by atoms with E-state index in [1.807, 2.05) is 0 Å². The van der Waals surface area contributed by atoms with E-state index in [1.54, 1.807) is 43.3 Å². The number of nitrogens with zero attached hydrogens (tertiary/aromatic N) is 1. The van der Waals surface area contributed by atoms with Gasteiger partial charge < -0.3 is 29.6 Å². The summed E-state index contributed by atoms with van der Waals surface area (Å²) in [5.74, 6) is 1.83. The van der Waals surface area contributed by atoms with E-state index in [2.05, 4.69) is 21.2 Å². The third-order valence-electron chi connectivity index (χ3n) is 5.03. The highest BCUT2D eigenvalue weighted by Crippen LogP contribution is 2.34. The summed E-state index contributed by atoms with van der Waals surface area (Å²) in [6.45, 7) is 1.83. The third-order valence-corrected chi connectivity index (χ3v) is 5.03. The lowest BCUT2D eigenvalue weighted by molar-refractivity contribution is -0.117. The number of carbonyl (C=O) groups is 2. The van der Waals surface area contributed by atoms with Crippen LogP contribution in [0.2, 0.25) is 0 Å². The number of nitrogens with one attached hydrogen (secondary N) is 3. The number of benzene rings is 2. The van der Waals surface area contributed by atoms with Crippen LogP contribution in [-0.4, -0.2) is 39.2 Å². The second kappa shape index (κ2) is 8.88. The second-order valence-corrected chi connectivity index (χ2v) is 7.00. The average molecular weight is 438 g/mol. The summed E-state index contributed by atoms with van der Waals surface area (Å²) in [6, 6.07) is 9.39. The summed E-state index contributed by atoms with van der Waals surface area (Å²) in [5.41, 5.74) is 4.64. The fourth-order valence-corrected chi connectivity index (χ4v) is 3.50. The highest BCUT2D eigenvalue weighted by molar-refractivity contribution is 5.99. The number of urea groups is 1. The lowest BCUT2D eigenvalue weighted by Crippen LogP contribution is -2.46. The van der Waals surface area contributed by atoms with E-state index in [-0.39, 0.29) is 6.79 Å². The highest BCUT2D eigenvalue weighted by atomic mass is 16.7. The number of hydrazone groups is 1. The Labute approximate surface area is 184 Å². The van der Waals surface area contributed by atoms with Crippen molar-refractivity contribution in [2.75, 3.05) is 21.0 Å². The quantitative estimate of drug-likeness (QED) is 0.470. The van der Waals surface area contributed by atoms with Crippen LogP contribution >= 0.6 is 0 Å². The molecule has 2 aromatic rings. The van der Waals surface area contributed by atoms with Crippen LogP contribution in [0.5, 0.6) is 23.0 Å². The molecule has 0 aromatic heterocycles. The maximum atomic E-state index is 13.0.